The Bertz CT molecular complexity index is 1070. The van der Waals surface area contributed by atoms with E-state index in [1.807, 2.05) is 17.5 Å². The molecule has 2 heterocycles. The number of hydrogen-bond acceptors (Lipinski definition) is 4. The lowest BCUT2D eigenvalue weighted by atomic mass is 10.0. The molecule has 3 aromatic rings. The Morgan fingerprint density at radius 1 is 1.17 bits per heavy atom. The van der Waals surface area contributed by atoms with Crippen LogP contribution in [0.4, 0.5) is 4.39 Å². The van der Waals surface area contributed by atoms with E-state index in [1.54, 1.807) is 35.2 Å². The molecule has 0 unspecified atom stereocenters. The molecule has 1 amide bonds. The maximum atomic E-state index is 13.3. The smallest absolute Gasteiger partial charge is 0.264 e. The predicted octanol–water partition coefficient (Wildman–Crippen LogP) is 6.03. The van der Waals surface area contributed by atoms with E-state index in [0.717, 1.165) is 16.8 Å². The van der Waals surface area contributed by atoms with Gasteiger partial charge in [0.15, 0.2) is 6.10 Å². The summed E-state index contributed by atoms with van der Waals surface area (Å²) in [5, 5.41) is 6.97. The Balaban J connectivity index is 1.48. The van der Waals surface area contributed by atoms with Gasteiger partial charge < -0.3 is 9.74 Å². The first kappa shape index (κ1) is 20.8. The molecule has 0 bridgehead atoms. The molecule has 0 saturated carbocycles. The molecule has 2 aromatic carbocycles. The van der Waals surface area contributed by atoms with Gasteiger partial charge in [-0.2, -0.15) is 0 Å². The third kappa shape index (κ3) is 4.83. The number of halogens is 3. The summed E-state index contributed by atoms with van der Waals surface area (Å²) in [5.41, 5.74) is 2.43. The largest absolute Gasteiger partial charge is 0.390 e. The van der Waals surface area contributed by atoms with Crippen LogP contribution in [-0.2, 0) is 11.4 Å². The van der Waals surface area contributed by atoms with E-state index >= 15 is 0 Å². The van der Waals surface area contributed by atoms with E-state index in [9.17, 15) is 9.18 Å². The minimum Gasteiger partial charge on any atom is -0.390 e. The van der Waals surface area contributed by atoms with Crippen LogP contribution in [0, 0.1) is 5.82 Å². The highest BCUT2D eigenvalue weighted by molar-refractivity contribution is 7.12. The van der Waals surface area contributed by atoms with Crippen LogP contribution in [0.15, 0.2) is 65.1 Å². The molecule has 0 radical (unpaired) electrons. The van der Waals surface area contributed by atoms with E-state index in [4.69, 9.17) is 28.0 Å². The third-order valence-corrected chi connectivity index (χ3v) is 6.31. The average Bonchev–Trinajstić information content (AvgIpc) is 3.43. The van der Waals surface area contributed by atoms with Crippen LogP contribution in [0.2, 0.25) is 10.0 Å². The summed E-state index contributed by atoms with van der Waals surface area (Å²) in [6.07, 6.45) is 0.245. The summed E-state index contributed by atoms with van der Waals surface area (Å²) in [5.74, 6) is -0.408. The molecular formula is C22H17Cl2FN2O2S. The van der Waals surface area contributed by atoms with Crippen LogP contribution in [0.5, 0.6) is 0 Å². The number of benzene rings is 2. The topological polar surface area (TPSA) is 41.9 Å². The fourth-order valence-corrected chi connectivity index (χ4v) is 4.19. The van der Waals surface area contributed by atoms with Crippen LogP contribution in [-0.4, -0.2) is 29.2 Å². The Kier molecular flexibility index (Phi) is 6.37. The molecule has 0 spiro atoms. The Labute approximate surface area is 187 Å². The maximum absolute atomic E-state index is 13.3. The van der Waals surface area contributed by atoms with E-state index in [2.05, 4.69) is 5.16 Å². The van der Waals surface area contributed by atoms with Crippen molar-refractivity contribution in [2.45, 2.75) is 19.1 Å². The van der Waals surface area contributed by atoms with Crippen LogP contribution >= 0.6 is 34.5 Å². The highest BCUT2D eigenvalue weighted by Crippen LogP contribution is 2.26. The SMILES string of the molecule is O=C(c1cccs1)N(Cc1ccc(F)cc1)C[C@H]1CC(c2ccc(Cl)c(Cl)c2)=NO1. The van der Waals surface area contributed by atoms with Gasteiger partial charge >= 0.3 is 0 Å². The van der Waals surface area contributed by atoms with Gasteiger partial charge in [-0.3, -0.25) is 4.79 Å². The number of rotatable bonds is 6. The van der Waals surface area contributed by atoms with Crippen LogP contribution in [0.3, 0.4) is 0 Å². The molecule has 1 aromatic heterocycles. The normalized spacial score (nSPS) is 15.6. The molecule has 0 saturated heterocycles. The lowest BCUT2D eigenvalue weighted by molar-refractivity contribution is 0.0408. The van der Waals surface area contributed by atoms with E-state index in [0.29, 0.717) is 34.4 Å². The standard InChI is InChI=1S/C22H17Cl2FN2O2S/c23-18-8-5-15(10-19(18)24)20-11-17(29-26-20)13-27(22(28)21-2-1-9-30-21)12-14-3-6-16(25)7-4-14/h1-10,17H,11-13H2/t17-/m1/s1. The minimum atomic E-state index is -0.311. The monoisotopic (exact) mass is 462 g/mol. The molecule has 30 heavy (non-hydrogen) atoms. The van der Waals surface area contributed by atoms with Gasteiger partial charge in [-0.25, -0.2) is 4.39 Å². The highest BCUT2D eigenvalue weighted by atomic mass is 35.5. The van der Waals surface area contributed by atoms with Gasteiger partial charge in [0.1, 0.15) is 5.82 Å². The van der Waals surface area contributed by atoms with Gasteiger partial charge in [-0.15, -0.1) is 11.3 Å². The summed E-state index contributed by atoms with van der Waals surface area (Å²) >= 11 is 13.5. The van der Waals surface area contributed by atoms with Crippen molar-refractivity contribution in [1.82, 2.24) is 4.90 Å². The molecule has 1 aliphatic rings. The lowest BCUT2D eigenvalue weighted by Gasteiger charge is -2.24. The molecule has 0 N–H and O–H groups in total. The molecule has 154 valence electrons. The fourth-order valence-electron chi connectivity index (χ4n) is 3.20. The first-order chi connectivity index (χ1) is 14.5. The summed E-state index contributed by atoms with van der Waals surface area (Å²) in [6.45, 7) is 0.696. The number of hydrogen-bond donors (Lipinski definition) is 0. The summed E-state index contributed by atoms with van der Waals surface area (Å²) in [4.78, 5) is 21.0. The first-order valence-electron chi connectivity index (χ1n) is 9.25. The fraction of sp³-hybridized carbons (Fsp3) is 0.182. The molecule has 4 nitrogen and oxygen atoms in total. The Morgan fingerprint density at radius 2 is 1.97 bits per heavy atom. The van der Waals surface area contributed by atoms with Gasteiger partial charge in [0.25, 0.3) is 5.91 Å². The van der Waals surface area contributed by atoms with Gasteiger partial charge in [0.2, 0.25) is 0 Å². The van der Waals surface area contributed by atoms with Crippen LogP contribution < -0.4 is 0 Å². The van der Waals surface area contributed by atoms with Crippen molar-refractivity contribution in [3.63, 3.8) is 0 Å². The van der Waals surface area contributed by atoms with Gasteiger partial charge in [0, 0.05) is 18.5 Å². The van der Waals surface area contributed by atoms with Crippen molar-refractivity contribution in [3.8, 4) is 0 Å². The van der Waals surface area contributed by atoms with Crippen molar-refractivity contribution in [3.05, 3.63) is 91.8 Å². The van der Waals surface area contributed by atoms with Crippen molar-refractivity contribution in [1.29, 1.82) is 0 Å². The van der Waals surface area contributed by atoms with Crippen molar-refractivity contribution in [2.24, 2.45) is 5.16 Å². The molecule has 4 rings (SSSR count). The predicted molar refractivity (Wildman–Crippen MR) is 118 cm³/mol. The Hall–Kier alpha value is -2.41. The second-order valence-corrected chi connectivity index (χ2v) is 8.65. The number of thiophene rings is 1. The van der Waals surface area contributed by atoms with Gasteiger partial charge in [-0.05, 0) is 41.3 Å². The summed E-state index contributed by atoms with van der Waals surface area (Å²) in [7, 11) is 0. The third-order valence-electron chi connectivity index (χ3n) is 4.72. The van der Waals surface area contributed by atoms with Gasteiger partial charge in [-0.1, -0.05) is 52.6 Å². The summed E-state index contributed by atoms with van der Waals surface area (Å²) < 4.78 is 13.3. The molecule has 1 aliphatic heterocycles. The number of oxime groups is 1. The maximum Gasteiger partial charge on any atom is 0.264 e. The first-order valence-corrected chi connectivity index (χ1v) is 10.9. The highest BCUT2D eigenvalue weighted by Gasteiger charge is 2.28. The van der Waals surface area contributed by atoms with Crippen molar-refractivity contribution >= 4 is 46.2 Å². The van der Waals surface area contributed by atoms with Crippen LogP contribution in [0.25, 0.3) is 0 Å². The number of nitrogens with zero attached hydrogens (tertiary/aromatic N) is 2. The van der Waals surface area contributed by atoms with Crippen molar-refractivity contribution < 1.29 is 14.0 Å². The lowest BCUT2D eigenvalue weighted by Crippen LogP contribution is -2.37. The zero-order valence-corrected chi connectivity index (χ0v) is 18.1. The number of carbonyl (C=O) groups is 1. The number of carbonyl (C=O) groups excluding carboxylic acids is 1. The average molecular weight is 463 g/mol. The quantitative estimate of drug-likeness (QED) is 0.448. The minimum absolute atomic E-state index is 0.0964. The molecular weight excluding hydrogens is 446 g/mol. The molecule has 8 heteroatoms. The molecule has 1 atom stereocenters. The molecule has 0 fully saturated rings. The zero-order chi connectivity index (χ0) is 21.1. The second-order valence-electron chi connectivity index (χ2n) is 6.89. The van der Waals surface area contributed by atoms with Crippen LogP contribution in [0.1, 0.15) is 27.2 Å². The molecule has 0 aliphatic carbocycles. The zero-order valence-electron chi connectivity index (χ0n) is 15.7. The summed E-state index contributed by atoms with van der Waals surface area (Å²) in [6, 6.07) is 15.1. The van der Waals surface area contributed by atoms with E-state index in [-0.39, 0.29) is 17.8 Å². The number of amides is 1. The van der Waals surface area contributed by atoms with E-state index in [1.165, 1.54) is 23.5 Å². The van der Waals surface area contributed by atoms with Crippen molar-refractivity contribution in [2.75, 3.05) is 6.54 Å². The second kappa shape index (κ2) is 9.16. The van der Waals surface area contributed by atoms with E-state index < -0.39 is 0 Å². The Morgan fingerprint density at radius 3 is 2.67 bits per heavy atom. The van der Waals surface area contributed by atoms with Gasteiger partial charge in [0.05, 0.1) is 27.2 Å².